The van der Waals surface area contributed by atoms with Gasteiger partial charge in [0.15, 0.2) is 0 Å². The highest BCUT2D eigenvalue weighted by molar-refractivity contribution is 8.00. The molecule has 0 atom stereocenters. The molecule has 8 nitrogen and oxygen atoms in total. The van der Waals surface area contributed by atoms with Crippen molar-refractivity contribution in [3.63, 3.8) is 0 Å². The maximum absolute atomic E-state index is 13.1. The number of aromatic hydroxyl groups is 1. The largest absolute Gasteiger partial charge is 0.493 e. The van der Waals surface area contributed by atoms with E-state index in [0.29, 0.717) is 12.1 Å². The highest BCUT2D eigenvalue weighted by Crippen LogP contribution is 2.37. The van der Waals surface area contributed by atoms with E-state index in [9.17, 15) is 27.9 Å². The Balaban J connectivity index is 1.48. The Morgan fingerprint density at radius 1 is 1.05 bits per heavy atom. The summed E-state index contributed by atoms with van der Waals surface area (Å²) >= 11 is -0.265. The zero-order valence-corrected chi connectivity index (χ0v) is 20.3. The molecular formula is C25H22F3N5O3S. The molecule has 2 heterocycles. The summed E-state index contributed by atoms with van der Waals surface area (Å²) in [5, 5.41) is 16.0. The van der Waals surface area contributed by atoms with Gasteiger partial charge in [0.2, 0.25) is 5.88 Å². The van der Waals surface area contributed by atoms with Gasteiger partial charge in [0.25, 0.3) is 0 Å². The fourth-order valence-electron chi connectivity index (χ4n) is 3.62. The SMILES string of the molecule is Cc1c(O)n(-c2ccc(SC(F)(F)F)cc2)c(=O)n1Cc1ccnc(NC(=O)NCc2ccccc2)c1. The van der Waals surface area contributed by atoms with Crippen LogP contribution in [0.1, 0.15) is 16.8 Å². The minimum absolute atomic E-state index is 0.0374. The molecule has 0 fully saturated rings. The third kappa shape index (κ3) is 6.53. The molecule has 12 heteroatoms. The first-order chi connectivity index (χ1) is 17.6. The number of halogens is 3. The van der Waals surface area contributed by atoms with Gasteiger partial charge in [-0.15, -0.1) is 0 Å². The van der Waals surface area contributed by atoms with E-state index in [2.05, 4.69) is 15.6 Å². The summed E-state index contributed by atoms with van der Waals surface area (Å²) < 4.78 is 40.1. The summed E-state index contributed by atoms with van der Waals surface area (Å²) in [4.78, 5) is 29.4. The minimum Gasteiger partial charge on any atom is -0.493 e. The lowest BCUT2D eigenvalue weighted by atomic mass is 10.2. The van der Waals surface area contributed by atoms with Crippen molar-refractivity contribution in [2.24, 2.45) is 0 Å². The van der Waals surface area contributed by atoms with Crippen LogP contribution < -0.4 is 16.3 Å². The van der Waals surface area contributed by atoms with Gasteiger partial charge in [-0.3, -0.25) is 9.88 Å². The average Bonchev–Trinajstić information content (AvgIpc) is 3.06. The van der Waals surface area contributed by atoms with Gasteiger partial charge in [-0.05, 0) is 66.2 Å². The summed E-state index contributed by atoms with van der Waals surface area (Å²) in [5.41, 5.74) is -2.94. The maximum Gasteiger partial charge on any atom is 0.446 e. The number of nitrogens with one attached hydrogen (secondary N) is 2. The summed E-state index contributed by atoms with van der Waals surface area (Å²) in [6.07, 6.45) is 1.48. The fraction of sp³-hybridized carbons (Fsp3) is 0.160. The lowest BCUT2D eigenvalue weighted by Crippen LogP contribution is -2.28. The second-order valence-corrected chi connectivity index (χ2v) is 9.14. The summed E-state index contributed by atoms with van der Waals surface area (Å²) in [5.74, 6) is -0.0518. The number of hydrogen-bond acceptors (Lipinski definition) is 5. The third-order valence-corrected chi connectivity index (χ3v) is 6.13. The molecule has 3 N–H and O–H groups in total. The van der Waals surface area contributed by atoms with Crippen LogP contribution in [-0.2, 0) is 13.1 Å². The smallest absolute Gasteiger partial charge is 0.446 e. The number of thioether (sulfide) groups is 1. The van der Waals surface area contributed by atoms with Gasteiger partial charge in [0, 0.05) is 17.6 Å². The molecule has 0 saturated heterocycles. The predicted molar refractivity (Wildman–Crippen MR) is 134 cm³/mol. The Morgan fingerprint density at radius 3 is 2.43 bits per heavy atom. The number of rotatable bonds is 7. The number of hydrogen-bond donors (Lipinski definition) is 3. The van der Waals surface area contributed by atoms with Crippen molar-refractivity contribution in [1.82, 2.24) is 19.4 Å². The van der Waals surface area contributed by atoms with Gasteiger partial charge in [0.1, 0.15) is 5.82 Å². The molecule has 4 aromatic rings. The monoisotopic (exact) mass is 529 g/mol. The number of alkyl halides is 3. The van der Waals surface area contributed by atoms with Crippen molar-refractivity contribution >= 4 is 23.6 Å². The second kappa shape index (κ2) is 10.8. The van der Waals surface area contributed by atoms with Gasteiger partial charge in [-0.25, -0.2) is 19.1 Å². The van der Waals surface area contributed by atoms with Gasteiger partial charge in [-0.2, -0.15) is 13.2 Å². The summed E-state index contributed by atoms with van der Waals surface area (Å²) in [6.45, 7) is 1.96. The Labute approximate surface area is 213 Å². The Hall–Kier alpha value is -4.19. The standard InChI is InChI=1S/C25H22F3N5O3S/c1-16-22(34)33(19-7-9-20(10-8-19)37-25(26,27)28)24(36)32(16)15-18-11-12-29-21(13-18)31-23(35)30-14-17-5-3-2-4-6-17/h2-13,34H,14-15H2,1H3,(H2,29,30,31,35). The average molecular weight is 530 g/mol. The van der Waals surface area contributed by atoms with E-state index in [1.807, 2.05) is 30.3 Å². The van der Waals surface area contributed by atoms with Crippen LogP contribution in [0.2, 0.25) is 0 Å². The number of pyridine rings is 1. The highest BCUT2D eigenvalue weighted by atomic mass is 32.2. The molecule has 2 aromatic carbocycles. The van der Waals surface area contributed by atoms with Crippen molar-refractivity contribution in [2.75, 3.05) is 5.32 Å². The fourth-order valence-corrected chi connectivity index (χ4v) is 4.15. The molecule has 2 aromatic heterocycles. The molecule has 0 saturated carbocycles. The highest BCUT2D eigenvalue weighted by Gasteiger charge is 2.29. The van der Waals surface area contributed by atoms with E-state index < -0.39 is 17.2 Å². The molecule has 0 aliphatic rings. The second-order valence-electron chi connectivity index (χ2n) is 8.00. The van der Waals surface area contributed by atoms with Gasteiger partial charge in [-0.1, -0.05) is 30.3 Å². The zero-order chi connectivity index (χ0) is 26.6. The number of nitrogens with zero attached hydrogens (tertiary/aromatic N) is 3. The molecular weight excluding hydrogens is 507 g/mol. The molecule has 4 rings (SSSR count). The van der Waals surface area contributed by atoms with Gasteiger partial charge < -0.3 is 10.4 Å². The number of imidazole rings is 1. The lowest BCUT2D eigenvalue weighted by Gasteiger charge is -2.09. The van der Waals surface area contributed by atoms with Crippen molar-refractivity contribution in [1.29, 1.82) is 0 Å². The van der Waals surface area contributed by atoms with Crippen molar-refractivity contribution in [3.05, 3.63) is 100 Å². The third-order valence-electron chi connectivity index (χ3n) is 5.39. The zero-order valence-electron chi connectivity index (χ0n) is 19.5. The van der Waals surface area contributed by atoms with E-state index in [1.165, 1.54) is 35.0 Å². The van der Waals surface area contributed by atoms with Crippen LogP contribution in [0.15, 0.2) is 82.6 Å². The van der Waals surface area contributed by atoms with Crippen LogP contribution in [0, 0.1) is 6.92 Å². The van der Waals surface area contributed by atoms with E-state index in [0.717, 1.165) is 10.1 Å². The molecule has 192 valence electrons. The van der Waals surface area contributed by atoms with Gasteiger partial charge >= 0.3 is 17.2 Å². The molecule has 0 aliphatic carbocycles. The first-order valence-corrected chi connectivity index (χ1v) is 11.8. The number of carbonyl (C=O) groups is 1. The molecule has 0 radical (unpaired) electrons. The van der Waals surface area contributed by atoms with Crippen LogP contribution >= 0.6 is 11.8 Å². The lowest BCUT2D eigenvalue weighted by molar-refractivity contribution is -0.0328. The van der Waals surface area contributed by atoms with Crippen molar-refractivity contribution in [2.45, 2.75) is 30.4 Å². The first-order valence-electron chi connectivity index (χ1n) is 11.0. The number of carbonyl (C=O) groups excluding carboxylic acids is 1. The van der Waals surface area contributed by atoms with Crippen LogP contribution in [-0.4, -0.2) is 30.8 Å². The first kappa shape index (κ1) is 25.9. The molecule has 2 amide bonds. The minimum atomic E-state index is -4.43. The molecule has 0 unspecified atom stereocenters. The summed E-state index contributed by atoms with van der Waals surface area (Å²) in [7, 11) is 0. The normalized spacial score (nSPS) is 11.4. The Morgan fingerprint density at radius 2 is 1.76 bits per heavy atom. The van der Waals surface area contributed by atoms with Crippen molar-refractivity contribution < 1.29 is 23.1 Å². The van der Waals surface area contributed by atoms with Crippen LogP contribution in [0.3, 0.4) is 0 Å². The van der Waals surface area contributed by atoms with E-state index in [4.69, 9.17) is 0 Å². The van der Waals surface area contributed by atoms with Gasteiger partial charge in [0.05, 0.1) is 17.9 Å². The van der Waals surface area contributed by atoms with E-state index >= 15 is 0 Å². The topological polar surface area (TPSA) is 101 Å². The van der Waals surface area contributed by atoms with Crippen LogP contribution in [0.25, 0.3) is 5.69 Å². The molecule has 37 heavy (non-hydrogen) atoms. The number of urea groups is 1. The molecule has 0 spiro atoms. The van der Waals surface area contributed by atoms with E-state index in [-0.39, 0.29) is 46.3 Å². The number of aromatic nitrogens is 3. The van der Waals surface area contributed by atoms with Crippen LogP contribution in [0.4, 0.5) is 23.8 Å². The van der Waals surface area contributed by atoms with Crippen LogP contribution in [0.5, 0.6) is 5.88 Å². The van der Waals surface area contributed by atoms with E-state index in [1.54, 1.807) is 19.1 Å². The quantitative estimate of drug-likeness (QED) is 0.292. The Bertz CT molecular complexity index is 1450. The molecule has 0 bridgehead atoms. The number of benzene rings is 2. The maximum atomic E-state index is 13.1. The number of amides is 2. The predicted octanol–water partition coefficient (Wildman–Crippen LogP) is 5.03. The van der Waals surface area contributed by atoms with Crippen molar-refractivity contribution in [3.8, 4) is 11.6 Å². The molecule has 0 aliphatic heterocycles. The number of anilines is 1. The Kier molecular flexibility index (Phi) is 7.58. The summed E-state index contributed by atoms with van der Waals surface area (Å²) in [6, 6.07) is 17.4.